The Hall–Kier alpha value is -3.63. The molecule has 0 saturated carbocycles. The number of nitrogens with zero attached hydrogens (tertiary/aromatic N) is 2. The van der Waals surface area contributed by atoms with Gasteiger partial charge in [-0.15, -0.1) is 13.2 Å². The number of halogens is 4. The van der Waals surface area contributed by atoms with Crippen LogP contribution in [-0.4, -0.2) is 35.5 Å². The molecule has 32 heavy (non-hydrogen) atoms. The van der Waals surface area contributed by atoms with E-state index in [4.69, 9.17) is 0 Å². The van der Waals surface area contributed by atoms with Crippen LogP contribution in [-0.2, 0) is 4.79 Å². The van der Waals surface area contributed by atoms with Crippen molar-refractivity contribution in [3.05, 3.63) is 60.8 Å². The average molecular weight is 452 g/mol. The molecule has 2 N–H and O–H groups in total. The number of fused-ring (bicyclic) bond motifs is 1. The number of hydrogen-bond acceptors (Lipinski definition) is 4. The molecule has 0 aliphatic carbocycles. The van der Waals surface area contributed by atoms with Crippen LogP contribution in [0.2, 0.25) is 0 Å². The number of aromatic nitrogens is 1. The summed E-state index contributed by atoms with van der Waals surface area (Å²) in [6.07, 6.45) is -2.51. The molecule has 11 heteroatoms. The van der Waals surface area contributed by atoms with E-state index >= 15 is 4.39 Å². The van der Waals surface area contributed by atoms with Gasteiger partial charge in [-0.25, -0.2) is 14.2 Å². The summed E-state index contributed by atoms with van der Waals surface area (Å²) in [4.78, 5) is 30.2. The maximum Gasteiger partial charge on any atom is 0.573 e. The second-order valence-electron chi connectivity index (χ2n) is 6.99. The highest BCUT2D eigenvalue weighted by Crippen LogP contribution is 2.36. The van der Waals surface area contributed by atoms with Crippen molar-refractivity contribution in [2.75, 3.05) is 16.8 Å². The molecule has 170 valence electrons. The number of ether oxygens (including phenoxy) is 1. The van der Waals surface area contributed by atoms with Gasteiger partial charge in [-0.1, -0.05) is 31.7 Å². The minimum absolute atomic E-state index is 0.0857. The van der Waals surface area contributed by atoms with E-state index in [-0.39, 0.29) is 24.3 Å². The van der Waals surface area contributed by atoms with Gasteiger partial charge in [-0.2, -0.15) is 0 Å². The monoisotopic (exact) mass is 452 g/mol. The van der Waals surface area contributed by atoms with Crippen molar-refractivity contribution in [3.8, 4) is 5.75 Å². The lowest BCUT2D eigenvalue weighted by atomic mass is 9.88. The Bertz CT molecular complexity index is 1010. The number of hydrogen-bond donors (Lipinski definition) is 2. The molecular formula is C21H20F4N4O3. The largest absolute Gasteiger partial charge is 0.573 e. The van der Waals surface area contributed by atoms with E-state index < -0.39 is 35.8 Å². The van der Waals surface area contributed by atoms with Gasteiger partial charge in [0.05, 0.1) is 11.7 Å². The van der Waals surface area contributed by atoms with Crippen molar-refractivity contribution in [3.63, 3.8) is 0 Å². The minimum atomic E-state index is -4.88. The molecule has 0 bridgehead atoms. The summed E-state index contributed by atoms with van der Waals surface area (Å²) in [7, 11) is 0. The van der Waals surface area contributed by atoms with Gasteiger partial charge in [0.1, 0.15) is 12.3 Å². The lowest BCUT2D eigenvalue weighted by Crippen LogP contribution is -2.51. The van der Waals surface area contributed by atoms with Gasteiger partial charge in [0.2, 0.25) is 5.91 Å². The summed E-state index contributed by atoms with van der Waals surface area (Å²) in [6, 6.07) is 5.50. The molecule has 0 saturated heterocycles. The van der Waals surface area contributed by atoms with Crippen LogP contribution < -0.4 is 20.3 Å². The fourth-order valence-electron chi connectivity index (χ4n) is 3.30. The maximum atomic E-state index is 15.6. The number of carbonyl (C=O) groups is 2. The first-order valence-electron chi connectivity index (χ1n) is 9.57. The smallest absolute Gasteiger partial charge is 0.406 e. The van der Waals surface area contributed by atoms with Crippen LogP contribution in [0.15, 0.2) is 55.3 Å². The summed E-state index contributed by atoms with van der Waals surface area (Å²) in [6.45, 7) is 4.68. The van der Waals surface area contributed by atoms with E-state index in [2.05, 4.69) is 26.9 Å². The first-order valence-corrected chi connectivity index (χ1v) is 9.57. The van der Waals surface area contributed by atoms with Gasteiger partial charge in [0.15, 0.2) is 11.5 Å². The number of benzene rings is 1. The predicted molar refractivity (Wildman–Crippen MR) is 109 cm³/mol. The molecule has 1 aromatic carbocycles. The summed E-state index contributed by atoms with van der Waals surface area (Å²) < 4.78 is 56.8. The normalized spacial score (nSPS) is 16.3. The van der Waals surface area contributed by atoms with Crippen molar-refractivity contribution in [2.45, 2.75) is 31.4 Å². The van der Waals surface area contributed by atoms with Crippen molar-refractivity contribution in [1.82, 2.24) is 10.3 Å². The molecule has 3 amide bonds. The molecular weight excluding hydrogens is 432 g/mol. The number of urea groups is 1. The maximum absolute atomic E-state index is 15.6. The summed E-state index contributed by atoms with van der Waals surface area (Å²) in [5.74, 6) is -0.773. The standard InChI is InChI=1S/C21H20F4N4O3/c1-3-20(22,4-2)17(13-7-9-14(10-8-13)32-21(23,24)25)28-19(31)29-12-16(30)27-15-6-5-11-26-18(15)29/h3,5-11,17H,1,4,12H2,2H3,(H,27,30)(H,28,31). The summed E-state index contributed by atoms with van der Waals surface area (Å²) in [5, 5.41) is 5.12. The zero-order valence-electron chi connectivity index (χ0n) is 16.9. The highest BCUT2D eigenvalue weighted by Gasteiger charge is 2.39. The quantitative estimate of drug-likeness (QED) is 0.500. The van der Waals surface area contributed by atoms with Crippen LogP contribution in [0.4, 0.5) is 33.9 Å². The van der Waals surface area contributed by atoms with Gasteiger partial charge < -0.3 is 15.4 Å². The van der Waals surface area contributed by atoms with Crippen LogP contribution in [0.5, 0.6) is 5.75 Å². The number of rotatable bonds is 6. The minimum Gasteiger partial charge on any atom is -0.406 e. The van der Waals surface area contributed by atoms with Crippen molar-refractivity contribution < 1.29 is 31.9 Å². The topological polar surface area (TPSA) is 83.6 Å². The van der Waals surface area contributed by atoms with Crippen LogP contribution in [0.25, 0.3) is 0 Å². The van der Waals surface area contributed by atoms with E-state index in [1.165, 1.54) is 25.3 Å². The molecule has 2 heterocycles. The van der Waals surface area contributed by atoms with E-state index in [9.17, 15) is 22.8 Å². The number of nitrogens with one attached hydrogen (secondary N) is 2. The Morgan fingerprint density at radius 2 is 2.00 bits per heavy atom. The van der Waals surface area contributed by atoms with Crippen molar-refractivity contribution in [2.24, 2.45) is 0 Å². The van der Waals surface area contributed by atoms with E-state index in [0.29, 0.717) is 5.69 Å². The van der Waals surface area contributed by atoms with Gasteiger partial charge in [0, 0.05) is 6.20 Å². The Morgan fingerprint density at radius 3 is 2.59 bits per heavy atom. The molecule has 0 radical (unpaired) electrons. The summed E-state index contributed by atoms with van der Waals surface area (Å²) >= 11 is 0. The van der Waals surface area contributed by atoms with Gasteiger partial charge in [0.25, 0.3) is 0 Å². The lowest BCUT2D eigenvalue weighted by Gasteiger charge is -2.34. The number of carbonyl (C=O) groups excluding carboxylic acids is 2. The molecule has 7 nitrogen and oxygen atoms in total. The first kappa shape index (κ1) is 23.0. The molecule has 0 fully saturated rings. The zero-order chi connectivity index (χ0) is 23.5. The average Bonchev–Trinajstić information content (AvgIpc) is 2.75. The number of anilines is 2. The fourth-order valence-corrected chi connectivity index (χ4v) is 3.30. The predicted octanol–water partition coefficient (Wildman–Crippen LogP) is 4.49. The second-order valence-corrected chi connectivity index (χ2v) is 6.99. The van der Waals surface area contributed by atoms with Gasteiger partial charge in [-0.05, 0) is 36.2 Å². The molecule has 2 aromatic rings. The molecule has 1 aromatic heterocycles. The Morgan fingerprint density at radius 1 is 1.31 bits per heavy atom. The van der Waals surface area contributed by atoms with Gasteiger partial charge in [-0.3, -0.25) is 9.69 Å². The molecule has 1 aliphatic heterocycles. The Labute approximate surface area is 181 Å². The van der Waals surface area contributed by atoms with E-state index in [0.717, 1.165) is 23.1 Å². The van der Waals surface area contributed by atoms with Crippen molar-refractivity contribution >= 4 is 23.4 Å². The number of pyridine rings is 1. The molecule has 2 atom stereocenters. The second kappa shape index (κ2) is 8.85. The third-order valence-corrected chi connectivity index (χ3v) is 4.94. The fraction of sp³-hybridized carbons (Fsp3) is 0.286. The zero-order valence-corrected chi connectivity index (χ0v) is 16.9. The van der Waals surface area contributed by atoms with Crippen LogP contribution >= 0.6 is 0 Å². The summed E-state index contributed by atoms with van der Waals surface area (Å²) in [5.41, 5.74) is -1.64. The van der Waals surface area contributed by atoms with Crippen LogP contribution in [0.3, 0.4) is 0 Å². The Balaban J connectivity index is 1.92. The third-order valence-electron chi connectivity index (χ3n) is 4.94. The SMILES string of the molecule is C=CC(F)(CC)C(NC(=O)N1CC(=O)Nc2cccnc21)c1ccc(OC(F)(F)F)cc1. The number of alkyl halides is 4. The Kier molecular flexibility index (Phi) is 6.37. The molecule has 0 spiro atoms. The van der Waals surface area contributed by atoms with Crippen LogP contribution in [0.1, 0.15) is 24.9 Å². The van der Waals surface area contributed by atoms with E-state index in [1.807, 2.05) is 0 Å². The lowest BCUT2D eigenvalue weighted by molar-refractivity contribution is -0.274. The molecule has 1 aliphatic rings. The van der Waals surface area contributed by atoms with Crippen LogP contribution in [0, 0.1) is 0 Å². The highest BCUT2D eigenvalue weighted by molar-refractivity contribution is 6.08. The third kappa shape index (κ3) is 4.98. The van der Waals surface area contributed by atoms with Gasteiger partial charge >= 0.3 is 12.4 Å². The number of amides is 3. The van der Waals surface area contributed by atoms with Crippen molar-refractivity contribution in [1.29, 1.82) is 0 Å². The molecule has 2 unspecified atom stereocenters. The molecule has 3 rings (SSSR count). The highest BCUT2D eigenvalue weighted by atomic mass is 19.4. The first-order chi connectivity index (χ1) is 15.1. The van der Waals surface area contributed by atoms with E-state index in [1.54, 1.807) is 12.1 Å².